The van der Waals surface area contributed by atoms with Gasteiger partial charge in [0.25, 0.3) is 11.8 Å². The third-order valence-electron chi connectivity index (χ3n) is 6.21. The van der Waals surface area contributed by atoms with Gasteiger partial charge in [0.2, 0.25) is 5.91 Å². The number of rotatable bonds is 8. The average molecular weight is 479 g/mol. The molecule has 0 bridgehead atoms. The van der Waals surface area contributed by atoms with Crippen LogP contribution in [0.1, 0.15) is 40.1 Å². The summed E-state index contributed by atoms with van der Waals surface area (Å²) in [6.45, 7) is 3.71. The van der Waals surface area contributed by atoms with Crippen molar-refractivity contribution in [2.24, 2.45) is 0 Å². The zero-order chi connectivity index (χ0) is 25.3. The van der Waals surface area contributed by atoms with E-state index in [0.717, 1.165) is 4.90 Å². The van der Waals surface area contributed by atoms with Crippen molar-refractivity contribution in [2.45, 2.75) is 32.5 Å². The summed E-state index contributed by atoms with van der Waals surface area (Å²) in [6.07, 6.45) is 1.30. The first-order chi connectivity index (χ1) is 16.8. The van der Waals surface area contributed by atoms with Gasteiger partial charge in [-0.05, 0) is 43.7 Å². The summed E-state index contributed by atoms with van der Waals surface area (Å²) in [7, 11) is 3.06. The fourth-order valence-electron chi connectivity index (χ4n) is 4.53. The van der Waals surface area contributed by atoms with Crippen LogP contribution in [0.15, 0.2) is 54.1 Å². The molecule has 182 valence electrons. The van der Waals surface area contributed by atoms with Crippen LogP contribution in [-0.2, 0) is 20.9 Å². The number of amides is 3. The molecule has 2 heterocycles. The van der Waals surface area contributed by atoms with Gasteiger partial charge in [-0.15, -0.1) is 0 Å². The van der Waals surface area contributed by atoms with Crippen LogP contribution in [-0.4, -0.2) is 66.4 Å². The average Bonchev–Trinajstić information content (AvgIpc) is 3.10. The molecule has 2 atom stereocenters. The van der Waals surface area contributed by atoms with Crippen LogP contribution in [0.3, 0.4) is 0 Å². The zero-order valence-electron chi connectivity index (χ0n) is 19.9. The highest BCUT2D eigenvalue weighted by Crippen LogP contribution is 2.38. The third-order valence-corrected chi connectivity index (χ3v) is 6.21. The first-order valence-electron chi connectivity index (χ1n) is 11.2. The summed E-state index contributed by atoms with van der Waals surface area (Å²) >= 11 is 0. The van der Waals surface area contributed by atoms with E-state index in [9.17, 15) is 19.2 Å². The van der Waals surface area contributed by atoms with E-state index in [1.807, 2.05) is 0 Å². The Hall–Kier alpha value is -4.14. The number of β-lactam (4-membered cyclic amide) rings is 1. The molecule has 0 aromatic heterocycles. The van der Waals surface area contributed by atoms with E-state index in [2.05, 4.69) is 0 Å². The maximum atomic E-state index is 13.4. The number of nitrogens with zero attached hydrogens (tertiary/aromatic N) is 2. The van der Waals surface area contributed by atoms with Gasteiger partial charge in [-0.3, -0.25) is 19.3 Å². The van der Waals surface area contributed by atoms with E-state index >= 15 is 0 Å². The van der Waals surface area contributed by atoms with E-state index in [1.165, 1.54) is 18.1 Å². The summed E-state index contributed by atoms with van der Waals surface area (Å²) < 4.78 is 15.7. The number of fused-ring (bicyclic) bond motifs is 1. The van der Waals surface area contributed by atoms with Crippen LogP contribution in [0.5, 0.6) is 11.5 Å². The molecule has 2 aliphatic rings. The normalized spacial score (nSPS) is 19.4. The number of imide groups is 1. The third kappa shape index (κ3) is 4.14. The smallest absolute Gasteiger partial charge is 0.330 e. The number of carbonyl (C=O) groups is 4. The Bertz CT molecular complexity index is 1200. The predicted molar refractivity (Wildman–Crippen MR) is 125 cm³/mol. The highest BCUT2D eigenvalue weighted by molar-refractivity contribution is 6.23. The predicted octanol–water partition coefficient (Wildman–Crippen LogP) is 2.59. The fraction of sp³-hybridized carbons (Fsp3) is 0.308. The van der Waals surface area contributed by atoms with Crippen molar-refractivity contribution in [1.82, 2.24) is 9.80 Å². The molecular formula is C26H26N2O7. The molecule has 3 amide bonds. The maximum absolute atomic E-state index is 13.4. The summed E-state index contributed by atoms with van der Waals surface area (Å²) in [4.78, 5) is 54.3. The van der Waals surface area contributed by atoms with Crippen LogP contribution in [0.4, 0.5) is 0 Å². The quantitative estimate of drug-likeness (QED) is 0.249. The van der Waals surface area contributed by atoms with E-state index < -0.39 is 35.8 Å². The summed E-state index contributed by atoms with van der Waals surface area (Å²) in [6, 6.07) is 9.92. The first kappa shape index (κ1) is 24.0. The van der Waals surface area contributed by atoms with Gasteiger partial charge in [0.05, 0.1) is 44.5 Å². The Morgan fingerprint density at radius 3 is 2.23 bits per heavy atom. The minimum absolute atomic E-state index is 0.143. The highest BCUT2D eigenvalue weighted by atomic mass is 16.5. The molecule has 9 heteroatoms. The van der Waals surface area contributed by atoms with Crippen molar-refractivity contribution < 1.29 is 33.4 Å². The molecule has 1 saturated heterocycles. The van der Waals surface area contributed by atoms with Crippen molar-refractivity contribution in [3.63, 3.8) is 0 Å². The van der Waals surface area contributed by atoms with Crippen molar-refractivity contribution in [1.29, 1.82) is 0 Å². The lowest BCUT2D eigenvalue weighted by molar-refractivity contribution is -0.154. The number of likely N-dealkylation sites (tertiary alicyclic amines) is 1. The largest absolute Gasteiger partial charge is 0.497 e. The Labute approximate surface area is 202 Å². The molecule has 2 aromatic carbocycles. The molecule has 0 N–H and O–H groups in total. The van der Waals surface area contributed by atoms with E-state index in [-0.39, 0.29) is 24.3 Å². The number of ether oxygens (including phenoxy) is 3. The summed E-state index contributed by atoms with van der Waals surface area (Å²) in [5.74, 6) is -0.906. The monoisotopic (exact) mass is 478 g/mol. The Kier molecular flexibility index (Phi) is 6.59. The molecule has 2 aliphatic heterocycles. The molecule has 0 unspecified atom stereocenters. The van der Waals surface area contributed by atoms with Gasteiger partial charge in [-0.2, -0.15) is 0 Å². The van der Waals surface area contributed by atoms with Crippen molar-refractivity contribution in [2.75, 3.05) is 20.8 Å². The summed E-state index contributed by atoms with van der Waals surface area (Å²) in [5.41, 5.74) is 1.71. The van der Waals surface area contributed by atoms with Crippen LogP contribution >= 0.6 is 0 Å². The lowest BCUT2D eigenvalue weighted by atomic mass is 9.86. The molecule has 1 fully saturated rings. The van der Waals surface area contributed by atoms with Crippen LogP contribution in [0, 0.1) is 0 Å². The maximum Gasteiger partial charge on any atom is 0.330 e. The Morgan fingerprint density at radius 1 is 1.00 bits per heavy atom. The SMILES string of the molecule is CCOC(=O)C=C(C)[C@H]1[C@@H](N2C(=O)c3ccccc3C2=O)C(=O)N1Cc1ccc(OC)cc1OC. The second-order valence-electron chi connectivity index (χ2n) is 8.20. The number of hydrogen-bond acceptors (Lipinski definition) is 7. The molecule has 35 heavy (non-hydrogen) atoms. The molecule has 0 saturated carbocycles. The number of carbonyl (C=O) groups excluding carboxylic acids is 4. The first-order valence-corrected chi connectivity index (χ1v) is 11.2. The van der Waals surface area contributed by atoms with Gasteiger partial charge in [0.1, 0.15) is 17.5 Å². The highest BCUT2D eigenvalue weighted by Gasteiger charge is 2.56. The van der Waals surface area contributed by atoms with E-state index in [1.54, 1.807) is 63.4 Å². The number of esters is 1. The standard InChI is InChI=1S/C26H26N2O7/c1-5-35-21(29)12-15(2)22-23(28-24(30)18-8-6-7-9-19(18)25(28)31)26(32)27(22)14-16-10-11-17(33-3)13-20(16)34-4/h6-13,22-23H,5,14H2,1-4H3/t22-,23+/m0/s1. The second-order valence-corrected chi connectivity index (χ2v) is 8.20. The molecule has 2 aromatic rings. The van der Waals surface area contributed by atoms with E-state index in [4.69, 9.17) is 14.2 Å². The van der Waals surface area contributed by atoms with Gasteiger partial charge < -0.3 is 19.1 Å². The van der Waals surface area contributed by atoms with Crippen molar-refractivity contribution in [3.05, 3.63) is 70.8 Å². The number of hydrogen-bond donors (Lipinski definition) is 0. The lowest BCUT2D eigenvalue weighted by Gasteiger charge is -2.50. The van der Waals surface area contributed by atoms with Crippen molar-refractivity contribution >= 4 is 23.7 Å². The lowest BCUT2D eigenvalue weighted by Crippen LogP contribution is -2.71. The second kappa shape index (κ2) is 9.61. The van der Waals surface area contributed by atoms with Gasteiger partial charge in [0, 0.05) is 17.7 Å². The van der Waals surface area contributed by atoms with Gasteiger partial charge in [0.15, 0.2) is 0 Å². The molecule has 9 nitrogen and oxygen atoms in total. The number of methoxy groups -OCH3 is 2. The fourth-order valence-corrected chi connectivity index (χ4v) is 4.53. The topological polar surface area (TPSA) is 102 Å². The molecule has 0 radical (unpaired) electrons. The van der Waals surface area contributed by atoms with E-state index in [0.29, 0.717) is 22.6 Å². The van der Waals surface area contributed by atoms with Crippen LogP contribution in [0.2, 0.25) is 0 Å². The summed E-state index contributed by atoms with van der Waals surface area (Å²) in [5, 5.41) is 0. The molecule has 0 aliphatic carbocycles. The zero-order valence-corrected chi connectivity index (χ0v) is 19.9. The van der Waals surface area contributed by atoms with Gasteiger partial charge in [-0.25, -0.2) is 4.79 Å². The minimum atomic E-state index is -1.07. The van der Waals surface area contributed by atoms with Crippen molar-refractivity contribution in [3.8, 4) is 11.5 Å². The van der Waals surface area contributed by atoms with Gasteiger partial charge in [-0.1, -0.05) is 12.1 Å². The van der Waals surface area contributed by atoms with Gasteiger partial charge >= 0.3 is 5.97 Å². The number of benzene rings is 2. The molecule has 0 spiro atoms. The van der Waals surface area contributed by atoms with Crippen LogP contribution < -0.4 is 9.47 Å². The van der Waals surface area contributed by atoms with Crippen LogP contribution in [0.25, 0.3) is 0 Å². The minimum Gasteiger partial charge on any atom is -0.497 e. The Balaban J connectivity index is 1.70. The molecular weight excluding hydrogens is 452 g/mol. The Morgan fingerprint density at radius 2 is 1.66 bits per heavy atom. The molecule has 4 rings (SSSR count).